The number of nitrogens with one attached hydrogen (secondary N) is 2. The van der Waals surface area contributed by atoms with Crippen LogP contribution in [0.3, 0.4) is 0 Å². The van der Waals surface area contributed by atoms with Gasteiger partial charge in [-0.1, -0.05) is 37.0 Å². The lowest BCUT2D eigenvalue weighted by Crippen LogP contribution is -2.44. The zero-order valence-electron chi connectivity index (χ0n) is 19.7. The van der Waals surface area contributed by atoms with Gasteiger partial charge in [0.2, 0.25) is 0 Å². The number of hydrogen-bond acceptors (Lipinski definition) is 3. The first-order valence-corrected chi connectivity index (χ1v) is 12.3. The number of aromatic nitrogens is 1. The average Bonchev–Trinajstić information content (AvgIpc) is 2.80. The number of anilines is 1. The molecule has 1 fully saturated rings. The fourth-order valence-corrected chi connectivity index (χ4v) is 5.01. The number of aryl methyl sites for hydroxylation is 2. The highest BCUT2D eigenvalue weighted by molar-refractivity contribution is 7.80. The molecule has 1 aliphatic rings. The molecule has 4 rings (SSSR count). The fraction of sp³-hybridized carbons (Fsp3) is 0.407. The first-order valence-electron chi connectivity index (χ1n) is 11.9. The van der Waals surface area contributed by atoms with Crippen LogP contribution in [0.1, 0.15) is 55.7 Å². The number of thiocarbonyl (C=S) groups is 1. The normalized spacial score (nSPS) is 14.3. The van der Waals surface area contributed by atoms with Crippen molar-refractivity contribution in [1.82, 2.24) is 9.88 Å². The van der Waals surface area contributed by atoms with Crippen molar-refractivity contribution in [2.24, 2.45) is 0 Å². The summed E-state index contributed by atoms with van der Waals surface area (Å²) in [6, 6.07) is 14.4. The lowest BCUT2D eigenvalue weighted by atomic mass is 9.94. The van der Waals surface area contributed by atoms with Gasteiger partial charge in [-0.15, -0.1) is 0 Å². The molecule has 0 spiro atoms. The predicted molar refractivity (Wildman–Crippen MR) is 140 cm³/mol. The summed E-state index contributed by atoms with van der Waals surface area (Å²) in [5.41, 5.74) is 4.86. The van der Waals surface area contributed by atoms with E-state index < -0.39 is 0 Å². The molecule has 174 valence electrons. The highest BCUT2D eigenvalue weighted by Crippen LogP contribution is 2.26. The lowest BCUT2D eigenvalue weighted by molar-refractivity contribution is 0.240. The molecular formula is C27H33N3O2S. The van der Waals surface area contributed by atoms with Crippen LogP contribution >= 0.6 is 12.2 Å². The van der Waals surface area contributed by atoms with Gasteiger partial charge in [-0.25, -0.2) is 0 Å². The molecule has 3 aromatic rings. The standard InChI is InChI=1S/C27H33N3O2S/c1-4-32-23-11-13-25-20(16-23)15-21(26(31)28-25)17-30(22-8-6-5-7-9-22)27(33)29-24-12-10-18(2)14-19(24)3/h10-16,22H,4-9,17H2,1-3H3,(H,28,31)(H,29,33). The molecule has 1 heterocycles. The number of aromatic amines is 1. The van der Waals surface area contributed by atoms with E-state index in [2.05, 4.69) is 47.2 Å². The molecule has 2 N–H and O–H groups in total. The van der Waals surface area contributed by atoms with E-state index in [1.165, 1.54) is 24.8 Å². The van der Waals surface area contributed by atoms with Gasteiger partial charge in [-0.3, -0.25) is 4.79 Å². The number of benzene rings is 2. The van der Waals surface area contributed by atoms with E-state index in [-0.39, 0.29) is 5.56 Å². The number of rotatable bonds is 6. The third kappa shape index (κ3) is 5.56. The molecule has 1 aliphatic carbocycles. The van der Waals surface area contributed by atoms with Crippen LogP contribution in [-0.4, -0.2) is 27.6 Å². The molecule has 33 heavy (non-hydrogen) atoms. The molecule has 0 radical (unpaired) electrons. The van der Waals surface area contributed by atoms with Gasteiger partial charge in [-0.05, 0) is 81.7 Å². The number of ether oxygens (including phenoxy) is 1. The van der Waals surface area contributed by atoms with Gasteiger partial charge < -0.3 is 19.9 Å². The zero-order chi connectivity index (χ0) is 23.4. The second-order valence-electron chi connectivity index (χ2n) is 8.97. The van der Waals surface area contributed by atoms with Crippen LogP contribution in [-0.2, 0) is 6.54 Å². The van der Waals surface area contributed by atoms with Crippen molar-refractivity contribution in [3.8, 4) is 5.75 Å². The first kappa shape index (κ1) is 23.3. The smallest absolute Gasteiger partial charge is 0.253 e. The summed E-state index contributed by atoms with van der Waals surface area (Å²) in [5.74, 6) is 0.805. The van der Waals surface area contributed by atoms with Crippen molar-refractivity contribution >= 4 is 33.9 Å². The summed E-state index contributed by atoms with van der Waals surface area (Å²) in [4.78, 5) is 18.2. The van der Waals surface area contributed by atoms with Crippen molar-refractivity contribution in [1.29, 1.82) is 0 Å². The Hall–Kier alpha value is -2.86. The minimum absolute atomic E-state index is 0.0678. The molecule has 0 amide bonds. The van der Waals surface area contributed by atoms with Crippen molar-refractivity contribution < 1.29 is 4.74 Å². The van der Waals surface area contributed by atoms with Crippen LogP contribution in [0.15, 0.2) is 47.3 Å². The molecular weight excluding hydrogens is 430 g/mol. The van der Waals surface area contributed by atoms with E-state index in [1.807, 2.05) is 31.2 Å². The lowest BCUT2D eigenvalue weighted by Gasteiger charge is -2.36. The molecule has 0 saturated heterocycles. The molecule has 0 atom stereocenters. The van der Waals surface area contributed by atoms with Gasteiger partial charge in [0.15, 0.2) is 5.11 Å². The number of pyridine rings is 1. The summed E-state index contributed by atoms with van der Waals surface area (Å²) in [7, 11) is 0. The fourth-order valence-electron chi connectivity index (χ4n) is 4.69. The number of nitrogens with zero attached hydrogens (tertiary/aromatic N) is 1. The van der Waals surface area contributed by atoms with Gasteiger partial charge in [0, 0.05) is 28.2 Å². The van der Waals surface area contributed by atoms with E-state index in [0.717, 1.165) is 40.7 Å². The SMILES string of the molecule is CCOc1ccc2[nH]c(=O)c(CN(C(=S)Nc3ccc(C)cc3C)C3CCCCC3)cc2c1. The minimum Gasteiger partial charge on any atom is -0.494 e. The summed E-state index contributed by atoms with van der Waals surface area (Å²) in [5, 5.41) is 5.11. The average molecular weight is 464 g/mol. The Labute approximate surface area is 201 Å². The second kappa shape index (κ2) is 10.4. The van der Waals surface area contributed by atoms with Crippen LogP contribution < -0.4 is 15.6 Å². The predicted octanol–water partition coefficient (Wildman–Crippen LogP) is 6.08. The van der Waals surface area contributed by atoms with Crippen molar-refractivity contribution in [3.63, 3.8) is 0 Å². The Bertz CT molecular complexity index is 1200. The van der Waals surface area contributed by atoms with Gasteiger partial charge in [0.25, 0.3) is 5.56 Å². The van der Waals surface area contributed by atoms with Crippen LogP contribution in [0.5, 0.6) is 5.75 Å². The highest BCUT2D eigenvalue weighted by atomic mass is 32.1. The molecule has 6 heteroatoms. The van der Waals surface area contributed by atoms with Crippen molar-refractivity contribution in [3.05, 3.63) is 69.5 Å². The molecule has 0 bridgehead atoms. The van der Waals surface area contributed by atoms with E-state index in [4.69, 9.17) is 17.0 Å². The van der Waals surface area contributed by atoms with Crippen LogP contribution in [0.25, 0.3) is 10.9 Å². The number of hydrogen-bond donors (Lipinski definition) is 2. The van der Waals surface area contributed by atoms with E-state index in [1.54, 1.807) is 0 Å². The zero-order valence-corrected chi connectivity index (χ0v) is 20.6. The van der Waals surface area contributed by atoms with Gasteiger partial charge in [0.1, 0.15) is 5.75 Å². The Balaban J connectivity index is 1.64. The molecule has 1 saturated carbocycles. The second-order valence-corrected chi connectivity index (χ2v) is 9.36. The van der Waals surface area contributed by atoms with E-state index in [0.29, 0.717) is 29.9 Å². The number of fused-ring (bicyclic) bond motifs is 1. The summed E-state index contributed by atoms with van der Waals surface area (Å²) in [6.07, 6.45) is 5.83. The maximum absolute atomic E-state index is 13.0. The molecule has 0 unspecified atom stereocenters. The molecule has 2 aromatic carbocycles. The Morgan fingerprint density at radius 2 is 1.91 bits per heavy atom. The quantitative estimate of drug-likeness (QED) is 0.434. The minimum atomic E-state index is -0.0678. The molecule has 1 aromatic heterocycles. The molecule has 0 aliphatic heterocycles. The summed E-state index contributed by atoms with van der Waals surface area (Å²) in [6.45, 7) is 7.23. The summed E-state index contributed by atoms with van der Waals surface area (Å²) >= 11 is 5.91. The van der Waals surface area contributed by atoms with Crippen LogP contribution in [0.2, 0.25) is 0 Å². The van der Waals surface area contributed by atoms with Gasteiger partial charge in [-0.2, -0.15) is 0 Å². The number of H-pyrrole nitrogens is 1. The van der Waals surface area contributed by atoms with Crippen molar-refractivity contribution in [2.75, 3.05) is 11.9 Å². The van der Waals surface area contributed by atoms with Gasteiger partial charge in [0.05, 0.1) is 13.2 Å². The third-order valence-corrected chi connectivity index (χ3v) is 6.78. The maximum Gasteiger partial charge on any atom is 0.253 e. The Kier molecular flexibility index (Phi) is 7.33. The van der Waals surface area contributed by atoms with Crippen molar-refractivity contribution in [2.45, 2.75) is 65.5 Å². The van der Waals surface area contributed by atoms with E-state index >= 15 is 0 Å². The first-order chi connectivity index (χ1) is 15.9. The maximum atomic E-state index is 13.0. The van der Waals surface area contributed by atoms with E-state index in [9.17, 15) is 4.79 Å². The van der Waals surface area contributed by atoms with Crippen LogP contribution in [0.4, 0.5) is 5.69 Å². The Morgan fingerprint density at radius 1 is 1.12 bits per heavy atom. The summed E-state index contributed by atoms with van der Waals surface area (Å²) < 4.78 is 5.65. The largest absolute Gasteiger partial charge is 0.494 e. The topological polar surface area (TPSA) is 57.4 Å². The monoisotopic (exact) mass is 463 g/mol. The third-order valence-electron chi connectivity index (χ3n) is 6.44. The van der Waals surface area contributed by atoms with Crippen LogP contribution in [0, 0.1) is 13.8 Å². The van der Waals surface area contributed by atoms with Gasteiger partial charge >= 0.3 is 0 Å². The molecule has 5 nitrogen and oxygen atoms in total. The highest BCUT2D eigenvalue weighted by Gasteiger charge is 2.25. The Morgan fingerprint density at radius 3 is 2.64 bits per heavy atom.